The van der Waals surface area contributed by atoms with E-state index in [9.17, 15) is 10.1 Å². The van der Waals surface area contributed by atoms with Crippen LogP contribution in [0.4, 0.5) is 0 Å². The van der Waals surface area contributed by atoms with Crippen LogP contribution in [-0.2, 0) is 4.79 Å². The second kappa shape index (κ2) is 8.02. The third-order valence-corrected chi connectivity index (χ3v) is 3.86. The first-order chi connectivity index (χ1) is 11.6. The molecule has 0 radical (unpaired) electrons. The first-order valence-corrected chi connectivity index (χ1v) is 7.57. The first-order valence-electron chi connectivity index (χ1n) is 7.57. The van der Waals surface area contributed by atoms with Crippen molar-refractivity contribution in [3.05, 3.63) is 59.7 Å². The van der Waals surface area contributed by atoms with Crippen molar-refractivity contribution in [2.45, 2.75) is 18.9 Å². The molecule has 5 heteroatoms. The Morgan fingerprint density at radius 3 is 2.42 bits per heavy atom. The molecule has 1 amide bonds. The average molecular weight is 324 g/mol. The summed E-state index contributed by atoms with van der Waals surface area (Å²) in [5.74, 6) is 0.543. The lowest BCUT2D eigenvalue weighted by Gasteiger charge is -2.18. The van der Waals surface area contributed by atoms with Crippen molar-refractivity contribution in [3.8, 4) is 17.6 Å². The molecule has 0 aromatic heterocycles. The predicted octanol–water partition coefficient (Wildman–Crippen LogP) is 3.19. The number of hydrogen-bond acceptors (Lipinski definition) is 4. The Morgan fingerprint density at radius 2 is 1.83 bits per heavy atom. The van der Waals surface area contributed by atoms with Crippen molar-refractivity contribution < 1.29 is 14.3 Å². The number of rotatable bonds is 6. The second-order valence-corrected chi connectivity index (χ2v) is 5.31. The zero-order valence-electron chi connectivity index (χ0n) is 13.9. The van der Waals surface area contributed by atoms with Gasteiger partial charge in [-0.1, -0.05) is 30.3 Å². The molecule has 0 aliphatic rings. The van der Waals surface area contributed by atoms with Crippen LogP contribution in [0.5, 0.6) is 11.5 Å². The van der Waals surface area contributed by atoms with Crippen LogP contribution in [0.2, 0.25) is 0 Å². The van der Waals surface area contributed by atoms with Gasteiger partial charge in [-0.15, -0.1) is 0 Å². The minimum atomic E-state index is -0.801. The van der Waals surface area contributed by atoms with Crippen molar-refractivity contribution in [2.24, 2.45) is 0 Å². The van der Waals surface area contributed by atoms with Gasteiger partial charge in [0.1, 0.15) is 17.5 Å². The number of hydrogen-bond donors (Lipinski definition) is 1. The van der Waals surface area contributed by atoms with Gasteiger partial charge in [0.05, 0.1) is 26.2 Å². The van der Waals surface area contributed by atoms with Gasteiger partial charge in [-0.25, -0.2) is 0 Å². The zero-order chi connectivity index (χ0) is 17.5. The highest BCUT2D eigenvalue weighted by Gasteiger charge is 2.22. The van der Waals surface area contributed by atoms with E-state index in [2.05, 4.69) is 11.4 Å². The van der Waals surface area contributed by atoms with Gasteiger partial charge in [0.15, 0.2) is 0 Å². The fourth-order valence-corrected chi connectivity index (χ4v) is 2.40. The number of nitrogens with one attached hydrogen (secondary N) is 1. The Kier molecular flexibility index (Phi) is 5.80. The average Bonchev–Trinajstić information content (AvgIpc) is 2.65. The lowest BCUT2D eigenvalue weighted by atomic mass is 9.99. The van der Waals surface area contributed by atoms with Gasteiger partial charge in [0.25, 0.3) is 0 Å². The van der Waals surface area contributed by atoms with Crippen LogP contribution >= 0.6 is 0 Å². The fraction of sp³-hybridized carbons (Fsp3) is 0.263. The van der Waals surface area contributed by atoms with Crippen molar-refractivity contribution in [2.75, 3.05) is 14.2 Å². The molecule has 2 aromatic carbocycles. The maximum Gasteiger partial charge on any atom is 0.228 e. The van der Waals surface area contributed by atoms with Gasteiger partial charge in [-0.2, -0.15) is 5.26 Å². The summed E-state index contributed by atoms with van der Waals surface area (Å²) in [4.78, 5) is 12.5. The van der Waals surface area contributed by atoms with Gasteiger partial charge < -0.3 is 14.8 Å². The summed E-state index contributed by atoms with van der Waals surface area (Å²) < 4.78 is 10.5. The van der Waals surface area contributed by atoms with Crippen molar-refractivity contribution >= 4 is 5.91 Å². The topological polar surface area (TPSA) is 71.3 Å². The van der Waals surface area contributed by atoms with E-state index in [1.165, 1.54) is 7.11 Å². The molecule has 0 fully saturated rings. The van der Waals surface area contributed by atoms with E-state index in [4.69, 9.17) is 9.47 Å². The maximum absolute atomic E-state index is 12.5. The van der Waals surface area contributed by atoms with Crippen molar-refractivity contribution in [1.29, 1.82) is 5.26 Å². The summed E-state index contributed by atoms with van der Waals surface area (Å²) in [5, 5.41) is 12.2. The molecule has 0 saturated carbocycles. The Bertz CT molecular complexity index is 738. The Balaban J connectivity index is 2.21. The molecule has 0 spiro atoms. The van der Waals surface area contributed by atoms with E-state index in [-0.39, 0.29) is 11.8 Å². The SMILES string of the molecule is COc1ccc([C@H](C#N)NC(=O)[C@H](C)c2ccccc2)c(OC)c1. The number of benzene rings is 2. The summed E-state index contributed by atoms with van der Waals surface area (Å²) >= 11 is 0. The summed E-state index contributed by atoms with van der Waals surface area (Å²) in [6, 6.07) is 15.9. The van der Waals surface area contributed by atoms with Crippen LogP contribution in [0.15, 0.2) is 48.5 Å². The van der Waals surface area contributed by atoms with Crippen molar-refractivity contribution in [3.63, 3.8) is 0 Å². The molecule has 0 aliphatic heterocycles. The Morgan fingerprint density at radius 1 is 1.12 bits per heavy atom. The van der Waals surface area contributed by atoms with E-state index in [1.807, 2.05) is 37.3 Å². The fourth-order valence-electron chi connectivity index (χ4n) is 2.40. The normalized spacial score (nSPS) is 12.6. The third kappa shape index (κ3) is 3.85. The molecule has 0 aliphatic carbocycles. The molecular formula is C19H20N2O3. The third-order valence-electron chi connectivity index (χ3n) is 3.86. The van der Waals surface area contributed by atoms with E-state index in [1.54, 1.807) is 25.3 Å². The molecule has 0 bridgehead atoms. The van der Waals surface area contributed by atoms with Crippen LogP contribution in [-0.4, -0.2) is 20.1 Å². The number of methoxy groups -OCH3 is 2. The lowest BCUT2D eigenvalue weighted by molar-refractivity contribution is -0.122. The minimum Gasteiger partial charge on any atom is -0.497 e. The first kappa shape index (κ1) is 17.4. The quantitative estimate of drug-likeness (QED) is 0.886. The number of nitriles is 1. The number of nitrogens with zero attached hydrogens (tertiary/aromatic N) is 1. The number of amides is 1. The van der Waals surface area contributed by atoms with Gasteiger partial charge >= 0.3 is 0 Å². The highest BCUT2D eigenvalue weighted by molar-refractivity contribution is 5.84. The van der Waals surface area contributed by atoms with E-state index >= 15 is 0 Å². The van der Waals surface area contributed by atoms with E-state index in [0.29, 0.717) is 17.1 Å². The smallest absolute Gasteiger partial charge is 0.228 e. The highest BCUT2D eigenvalue weighted by atomic mass is 16.5. The summed E-state index contributed by atoms with van der Waals surface area (Å²) in [5.41, 5.74) is 1.49. The molecule has 24 heavy (non-hydrogen) atoms. The summed E-state index contributed by atoms with van der Waals surface area (Å²) in [7, 11) is 3.07. The standard InChI is InChI=1S/C19H20N2O3/c1-13(14-7-5-4-6-8-14)19(22)21-17(12-20)16-10-9-15(23-2)11-18(16)24-3/h4-11,13,17H,1-3H3,(H,21,22)/t13-,17+/m1/s1. The molecular weight excluding hydrogens is 304 g/mol. The molecule has 2 rings (SSSR count). The zero-order valence-corrected chi connectivity index (χ0v) is 13.9. The molecule has 1 N–H and O–H groups in total. The lowest BCUT2D eigenvalue weighted by Crippen LogP contribution is -2.31. The van der Waals surface area contributed by atoms with Crippen molar-refractivity contribution in [1.82, 2.24) is 5.32 Å². The maximum atomic E-state index is 12.5. The molecule has 0 saturated heterocycles. The molecule has 2 atom stereocenters. The number of ether oxygens (including phenoxy) is 2. The predicted molar refractivity (Wildman–Crippen MR) is 90.9 cm³/mol. The molecule has 5 nitrogen and oxygen atoms in total. The van der Waals surface area contributed by atoms with Gasteiger partial charge in [0.2, 0.25) is 5.91 Å². The largest absolute Gasteiger partial charge is 0.497 e. The van der Waals surface area contributed by atoms with Crippen LogP contribution < -0.4 is 14.8 Å². The minimum absolute atomic E-state index is 0.217. The Hall–Kier alpha value is -3.00. The van der Waals surface area contributed by atoms with Crippen LogP contribution in [0.3, 0.4) is 0 Å². The van der Waals surface area contributed by atoms with Gasteiger partial charge in [-0.05, 0) is 24.6 Å². The van der Waals surface area contributed by atoms with Crippen LogP contribution in [0.1, 0.15) is 30.0 Å². The molecule has 124 valence electrons. The highest BCUT2D eigenvalue weighted by Crippen LogP contribution is 2.29. The molecule has 0 unspecified atom stereocenters. The van der Waals surface area contributed by atoms with Gasteiger partial charge in [0, 0.05) is 11.6 Å². The molecule has 0 heterocycles. The second-order valence-electron chi connectivity index (χ2n) is 5.31. The van der Waals surface area contributed by atoms with Gasteiger partial charge in [-0.3, -0.25) is 4.79 Å². The Labute approximate surface area is 141 Å². The van der Waals surface area contributed by atoms with Crippen LogP contribution in [0.25, 0.3) is 0 Å². The summed E-state index contributed by atoms with van der Waals surface area (Å²) in [6.07, 6.45) is 0. The number of carbonyl (C=O) groups excluding carboxylic acids is 1. The number of carbonyl (C=O) groups is 1. The molecule has 2 aromatic rings. The summed E-state index contributed by atoms with van der Waals surface area (Å²) in [6.45, 7) is 1.81. The van der Waals surface area contributed by atoms with Crippen LogP contribution in [0, 0.1) is 11.3 Å². The van der Waals surface area contributed by atoms with E-state index in [0.717, 1.165) is 5.56 Å². The van der Waals surface area contributed by atoms with E-state index < -0.39 is 6.04 Å². The monoisotopic (exact) mass is 324 g/mol.